The van der Waals surface area contributed by atoms with E-state index in [1.54, 1.807) is 3.97 Å². The van der Waals surface area contributed by atoms with Crippen LogP contribution >= 0.6 is 12.8 Å². The molecular weight excluding hydrogens is 246 g/mol. The van der Waals surface area contributed by atoms with Crippen molar-refractivity contribution in [3.8, 4) is 0 Å². The van der Waals surface area contributed by atoms with Gasteiger partial charge in [0, 0.05) is 24.2 Å². The molecule has 1 fully saturated rings. The van der Waals surface area contributed by atoms with Gasteiger partial charge in [-0.05, 0) is 25.5 Å². The minimum absolute atomic E-state index is 0.399. The van der Waals surface area contributed by atoms with Gasteiger partial charge in [0.15, 0.2) is 0 Å². The van der Waals surface area contributed by atoms with E-state index < -0.39 is 0 Å². The second-order valence-corrected chi connectivity index (χ2v) is 5.27. The molecule has 5 heteroatoms. The summed E-state index contributed by atoms with van der Waals surface area (Å²) in [6.07, 6.45) is 3.92. The maximum absolute atomic E-state index is 5.47. The first-order valence-electron chi connectivity index (χ1n) is 6.18. The number of aryl methyl sites for hydroxylation is 1. The molecule has 3 heterocycles. The summed E-state index contributed by atoms with van der Waals surface area (Å²) in [5.41, 5.74) is 3.29. The summed E-state index contributed by atoms with van der Waals surface area (Å²) in [7, 11) is 0. The number of aromatic nitrogens is 2. The zero-order valence-electron chi connectivity index (χ0n) is 10.6. The number of thiol groups is 1. The molecule has 0 N–H and O–H groups in total. The second-order valence-electron chi connectivity index (χ2n) is 4.84. The van der Waals surface area contributed by atoms with Crippen molar-refractivity contribution in [3.05, 3.63) is 24.0 Å². The molecule has 2 aromatic rings. The third kappa shape index (κ3) is 1.87. The molecule has 0 amide bonds. The normalized spacial score (nSPS) is 20.6. The number of hydrogen-bond acceptors (Lipinski definition) is 4. The third-order valence-electron chi connectivity index (χ3n) is 3.51. The summed E-state index contributed by atoms with van der Waals surface area (Å²) in [5.74, 6) is 0. The lowest BCUT2D eigenvalue weighted by molar-refractivity contribution is 0.0989. The Labute approximate surface area is 112 Å². The van der Waals surface area contributed by atoms with Crippen LogP contribution in [0.25, 0.3) is 11.0 Å². The van der Waals surface area contributed by atoms with E-state index in [0.717, 1.165) is 25.4 Å². The maximum atomic E-state index is 5.47. The lowest BCUT2D eigenvalue weighted by Gasteiger charge is -2.35. The van der Waals surface area contributed by atoms with Crippen molar-refractivity contribution >= 4 is 29.5 Å². The highest BCUT2D eigenvalue weighted by atomic mass is 32.1. The second kappa shape index (κ2) is 4.48. The molecule has 4 nitrogen and oxygen atoms in total. The number of rotatable bonds is 1. The predicted molar refractivity (Wildman–Crippen MR) is 76.5 cm³/mol. The number of pyridine rings is 1. The molecule has 1 unspecified atom stereocenters. The van der Waals surface area contributed by atoms with Gasteiger partial charge in [-0.3, -0.25) is 3.97 Å². The van der Waals surface area contributed by atoms with Crippen molar-refractivity contribution in [2.24, 2.45) is 0 Å². The minimum atomic E-state index is 0.399. The Morgan fingerprint density at radius 3 is 3.11 bits per heavy atom. The van der Waals surface area contributed by atoms with Gasteiger partial charge in [0.2, 0.25) is 0 Å². The number of ether oxygens (including phenoxy) is 1. The minimum Gasteiger partial charge on any atom is -0.377 e. The molecule has 2 aromatic heterocycles. The van der Waals surface area contributed by atoms with E-state index in [0.29, 0.717) is 6.04 Å². The molecule has 0 spiro atoms. The smallest absolute Gasteiger partial charge is 0.150 e. The highest BCUT2D eigenvalue weighted by molar-refractivity contribution is 7.78. The lowest BCUT2D eigenvalue weighted by Crippen LogP contribution is -2.43. The molecule has 18 heavy (non-hydrogen) atoms. The average molecular weight is 263 g/mol. The Morgan fingerprint density at radius 2 is 2.33 bits per heavy atom. The van der Waals surface area contributed by atoms with Crippen LogP contribution in [0.15, 0.2) is 18.5 Å². The summed E-state index contributed by atoms with van der Waals surface area (Å²) in [6, 6.07) is 2.60. The predicted octanol–water partition coefficient (Wildman–Crippen LogP) is 2.26. The summed E-state index contributed by atoms with van der Waals surface area (Å²) in [5, 5.41) is 1.17. The molecule has 1 aliphatic rings. The fourth-order valence-corrected chi connectivity index (χ4v) is 2.83. The Hall–Kier alpha value is -1.20. The average Bonchev–Trinajstić information content (AvgIpc) is 2.65. The van der Waals surface area contributed by atoms with E-state index in [1.807, 2.05) is 12.4 Å². The van der Waals surface area contributed by atoms with Gasteiger partial charge < -0.3 is 9.64 Å². The highest BCUT2D eigenvalue weighted by Gasteiger charge is 2.20. The van der Waals surface area contributed by atoms with Crippen LogP contribution in [0.1, 0.15) is 12.5 Å². The number of nitrogens with zero attached hydrogens (tertiary/aromatic N) is 3. The van der Waals surface area contributed by atoms with E-state index in [-0.39, 0.29) is 0 Å². The van der Waals surface area contributed by atoms with Crippen LogP contribution in [0, 0.1) is 6.92 Å². The monoisotopic (exact) mass is 263 g/mol. The molecule has 1 saturated heterocycles. The van der Waals surface area contributed by atoms with Crippen molar-refractivity contribution in [2.75, 3.05) is 24.7 Å². The van der Waals surface area contributed by atoms with Crippen molar-refractivity contribution in [3.63, 3.8) is 0 Å². The molecular formula is C13H17N3OS. The van der Waals surface area contributed by atoms with Gasteiger partial charge >= 0.3 is 0 Å². The quantitative estimate of drug-likeness (QED) is 0.801. The summed E-state index contributed by atoms with van der Waals surface area (Å²) in [4.78, 5) is 6.87. The van der Waals surface area contributed by atoms with Crippen LogP contribution < -0.4 is 4.90 Å². The van der Waals surface area contributed by atoms with Crippen molar-refractivity contribution in [1.82, 2.24) is 8.96 Å². The van der Waals surface area contributed by atoms with E-state index in [4.69, 9.17) is 4.74 Å². The molecule has 3 rings (SSSR count). The van der Waals surface area contributed by atoms with Gasteiger partial charge in [0.05, 0.1) is 25.1 Å². The molecule has 0 saturated carbocycles. The van der Waals surface area contributed by atoms with Gasteiger partial charge in [0.1, 0.15) is 5.65 Å². The van der Waals surface area contributed by atoms with E-state index in [2.05, 4.69) is 42.6 Å². The molecule has 96 valence electrons. The number of fused-ring (bicyclic) bond motifs is 1. The SMILES string of the molecule is Cc1cn(S)c2ncc(N3CCOCC3C)cc12. The first kappa shape index (κ1) is 11.9. The Morgan fingerprint density at radius 1 is 1.50 bits per heavy atom. The summed E-state index contributed by atoms with van der Waals surface area (Å²) in [6.45, 7) is 6.76. The van der Waals surface area contributed by atoms with Crippen LogP contribution in [-0.2, 0) is 4.74 Å². The van der Waals surface area contributed by atoms with Gasteiger partial charge in [-0.25, -0.2) is 4.98 Å². The fourth-order valence-electron chi connectivity index (χ4n) is 2.50. The third-order valence-corrected chi connectivity index (χ3v) is 3.81. The topological polar surface area (TPSA) is 30.3 Å². The summed E-state index contributed by atoms with van der Waals surface area (Å²) < 4.78 is 7.25. The standard InChI is InChI=1S/C13H17N3OS/c1-9-7-16(18)13-12(9)5-11(6-14-13)15-3-4-17-8-10(15)2/h5-7,10,18H,3-4,8H2,1-2H3. The zero-order valence-corrected chi connectivity index (χ0v) is 11.5. The molecule has 1 atom stereocenters. The first-order chi connectivity index (χ1) is 8.66. The van der Waals surface area contributed by atoms with Crippen LogP contribution in [0.2, 0.25) is 0 Å². The number of anilines is 1. The van der Waals surface area contributed by atoms with Crippen molar-refractivity contribution in [1.29, 1.82) is 0 Å². The van der Waals surface area contributed by atoms with Crippen molar-refractivity contribution < 1.29 is 4.74 Å². The van der Waals surface area contributed by atoms with E-state index in [1.165, 1.54) is 16.6 Å². The van der Waals surface area contributed by atoms with E-state index in [9.17, 15) is 0 Å². The maximum Gasteiger partial charge on any atom is 0.150 e. The lowest BCUT2D eigenvalue weighted by atomic mass is 10.2. The van der Waals surface area contributed by atoms with Crippen LogP contribution in [0.3, 0.4) is 0 Å². The van der Waals surface area contributed by atoms with Gasteiger partial charge in [0.25, 0.3) is 0 Å². The van der Waals surface area contributed by atoms with Gasteiger partial charge in [-0.2, -0.15) is 0 Å². The zero-order chi connectivity index (χ0) is 12.7. The highest BCUT2D eigenvalue weighted by Crippen LogP contribution is 2.26. The molecule has 1 aliphatic heterocycles. The summed E-state index contributed by atoms with van der Waals surface area (Å²) >= 11 is 4.37. The Bertz CT molecular complexity index is 581. The van der Waals surface area contributed by atoms with Crippen LogP contribution in [0.4, 0.5) is 5.69 Å². The fraction of sp³-hybridized carbons (Fsp3) is 0.462. The Balaban J connectivity index is 2.04. The molecule has 0 bridgehead atoms. The van der Waals surface area contributed by atoms with E-state index >= 15 is 0 Å². The Kier molecular flexibility index (Phi) is 2.95. The molecule has 0 radical (unpaired) electrons. The largest absolute Gasteiger partial charge is 0.377 e. The van der Waals surface area contributed by atoms with Gasteiger partial charge in [-0.1, -0.05) is 12.8 Å². The first-order valence-corrected chi connectivity index (χ1v) is 6.58. The van der Waals surface area contributed by atoms with Crippen LogP contribution in [0.5, 0.6) is 0 Å². The van der Waals surface area contributed by atoms with Crippen molar-refractivity contribution in [2.45, 2.75) is 19.9 Å². The van der Waals surface area contributed by atoms with Crippen LogP contribution in [-0.4, -0.2) is 34.8 Å². The van der Waals surface area contributed by atoms with Gasteiger partial charge in [-0.15, -0.1) is 0 Å². The number of hydrogen-bond donors (Lipinski definition) is 1. The molecule has 0 aliphatic carbocycles. The number of morpholine rings is 1. The molecule has 0 aromatic carbocycles.